The zero-order chi connectivity index (χ0) is 19.9. The highest BCUT2D eigenvalue weighted by Crippen LogP contribution is 2.34. The molecule has 0 aliphatic carbocycles. The summed E-state index contributed by atoms with van der Waals surface area (Å²) in [4.78, 5) is 26.4. The van der Waals surface area contributed by atoms with Crippen LogP contribution in [0.1, 0.15) is 22.3 Å². The monoisotopic (exact) mass is 380 g/mol. The van der Waals surface area contributed by atoms with Gasteiger partial charge in [0, 0.05) is 18.3 Å². The van der Waals surface area contributed by atoms with E-state index in [1.807, 2.05) is 12.1 Å². The zero-order valence-corrected chi connectivity index (χ0v) is 15.5. The number of anilines is 1. The number of fused-ring (bicyclic) bond motifs is 1. The highest BCUT2D eigenvalue weighted by Gasteiger charge is 2.21. The molecule has 0 saturated heterocycles. The van der Waals surface area contributed by atoms with E-state index in [9.17, 15) is 9.59 Å². The van der Waals surface area contributed by atoms with Crippen molar-refractivity contribution in [2.24, 2.45) is 0 Å². The molecule has 1 aliphatic heterocycles. The quantitative estimate of drug-likeness (QED) is 0.716. The summed E-state index contributed by atoms with van der Waals surface area (Å²) in [5, 5.41) is 8.92. The van der Waals surface area contributed by atoms with Gasteiger partial charge in [0.15, 0.2) is 18.1 Å². The normalized spacial score (nSPS) is 12.0. The number of ether oxygens (including phenoxy) is 3. The Kier molecular flexibility index (Phi) is 6.12. The van der Waals surface area contributed by atoms with Crippen molar-refractivity contribution in [3.63, 3.8) is 0 Å². The van der Waals surface area contributed by atoms with Gasteiger partial charge in [-0.3, -0.25) is 4.79 Å². The Hall–Kier alpha value is -3.53. The van der Waals surface area contributed by atoms with Gasteiger partial charge in [0.2, 0.25) is 0 Å². The van der Waals surface area contributed by atoms with E-state index in [1.54, 1.807) is 43.3 Å². The lowest BCUT2D eigenvalue weighted by atomic mass is 10.1. The molecule has 7 nitrogen and oxygen atoms in total. The molecule has 1 heterocycles. The lowest BCUT2D eigenvalue weighted by Crippen LogP contribution is -2.35. The number of nitrogens with zero attached hydrogens (tertiary/aromatic N) is 2. The largest absolute Gasteiger partial charge is 0.486 e. The summed E-state index contributed by atoms with van der Waals surface area (Å²) in [6.07, 6.45) is 0.145. The molecule has 0 N–H and O–H groups in total. The predicted octanol–water partition coefficient (Wildman–Crippen LogP) is 2.87. The summed E-state index contributed by atoms with van der Waals surface area (Å²) in [6.45, 7) is 2.45. The summed E-state index contributed by atoms with van der Waals surface area (Å²) in [5.74, 6) is 0.159. The second kappa shape index (κ2) is 8.91. The SMILES string of the molecule is Cc1ccccc1C(=O)OCC(=O)N(CCC#N)c1ccc2c(c1)OCCO2. The summed E-state index contributed by atoms with van der Waals surface area (Å²) < 4.78 is 16.2. The summed E-state index contributed by atoms with van der Waals surface area (Å²) in [7, 11) is 0. The molecule has 0 atom stereocenters. The molecule has 0 spiro atoms. The van der Waals surface area contributed by atoms with Crippen molar-refractivity contribution in [3.05, 3.63) is 53.6 Å². The third-order valence-electron chi connectivity index (χ3n) is 4.28. The maximum Gasteiger partial charge on any atom is 0.338 e. The Balaban J connectivity index is 1.72. The Bertz CT molecular complexity index is 919. The van der Waals surface area contributed by atoms with Crippen LogP contribution in [0.4, 0.5) is 5.69 Å². The number of rotatable bonds is 6. The van der Waals surface area contributed by atoms with Crippen LogP contribution in [-0.2, 0) is 9.53 Å². The number of hydrogen-bond acceptors (Lipinski definition) is 6. The van der Waals surface area contributed by atoms with Gasteiger partial charge in [-0.25, -0.2) is 4.79 Å². The van der Waals surface area contributed by atoms with Crippen LogP contribution in [-0.4, -0.2) is 38.2 Å². The average Bonchev–Trinajstić information content (AvgIpc) is 2.72. The molecule has 0 aromatic heterocycles. The first-order chi connectivity index (χ1) is 13.6. The maximum absolute atomic E-state index is 12.7. The summed E-state index contributed by atoms with van der Waals surface area (Å²) >= 11 is 0. The molecular weight excluding hydrogens is 360 g/mol. The number of benzene rings is 2. The van der Waals surface area contributed by atoms with E-state index in [1.165, 1.54) is 4.90 Å². The minimum atomic E-state index is -0.561. The lowest BCUT2D eigenvalue weighted by Gasteiger charge is -2.24. The maximum atomic E-state index is 12.7. The predicted molar refractivity (Wildman–Crippen MR) is 101 cm³/mol. The van der Waals surface area contributed by atoms with Crippen LogP contribution in [0.3, 0.4) is 0 Å². The average molecular weight is 380 g/mol. The zero-order valence-electron chi connectivity index (χ0n) is 15.5. The van der Waals surface area contributed by atoms with Crippen LogP contribution in [0.15, 0.2) is 42.5 Å². The molecule has 3 rings (SSSR count). The number of nitriles is 1. The molecule has 0 saturated carbocycles. The molecule has 2 aromatic rings. The van der Waals surface area contributed by atoms with E-state index in [4.69, 9.17) is 19.5 Å². The number of hydrogen-bond donors (Lipinski definition) is 0. The van der Waals surface area contributed by atoms with Crippen molar-refractivity contribution in [2.45, 2.75) is 13.3 Å². The van der Waals surface area contributed by atoms with E-state index in [-0.39, 0.29) is 13.0 Å². The number of carbonyl (C=O) groups excluding carboxylic acids is 2. The van der Waals surface area contributed by atoms with E-state index in [0.717, 1.165) is 5.56 Å². The minimum Gasteiger partial charge on any atom is -0.486 e. The van der Waals surface area contributed by atoms with Crippen LogP contribution in [0.2, 0.25) is 0 Å². The van der Waals surface area contributed by atoms with Gasteiger partial charge in [0.1, 0.15) is 13.2 Å². The van der Waals surface area contributed by atoms with Crippen LogP contribution in [0.5, 0.6) is 11.5 Å². The second-order valence-corrected chi connectivity index (χ2v) is 6.17. The van der Waals surface area contributed by atoms with Gasteiger partial charge in [0.25, 0.3) is 5.91 Å². The van der Waals surface area contributed by atoms with Gasteiger partial charge in [-0.1, -0.05) is 18.2 Å². The summed E-state index contributed by atoms with van der Waals surface area (Å²) in [5.41, 5.74) is 1.74. The van der Waals surface area contributed by atoms with Gasteiger partial charge in [-0.15, -0.1) is 0 Å². The molecular formula is C21H20N2O5. The Morgan fingerprint density at radius 2 is 1.89 bits per heavy atom. The van der Waals surface area contributed by atoms with Crippen molar-refractivity contribution in [2.75, 3.05) is 31.3 Å². The van der Waals surface area contributed by atoms with E-state index >= 15 is 0 Å². The topological polar surface area (TPSA) is 88.9 Å². The highest BCUT2D eigenvalue weighted by atomic mass is 16.6. The van der Waals surface area contributed by atoms with E-state index < -0.39 is 18.5 Å². The molecule has 1 aliphatic rings. The van der Waals surface area contributed by atoms with Crippen LogP contribution in [0.25, 0.3) is 0 Å². The van der Waals surface area contributed by atoms with E-state index in [0.29, 0.717) is 36.0 Å². The standard InChI is InChI=1S/C21H20N2O5/c1-15-5-2-3-6-17(15)21(25)28-14-20(24)23(10-4-9-22)16-7-8-18-19(13-16)27-12-11-26-18/h2-3,5-8,13H,4,10-12,14H2,1H3. The fraction of sp³-hybridized carbons (Fsp3) is 0.286. The minimum absolute atomic E-state index is 0.145. The van der Waals surface area contributed by atoms with Gasteiger partial charge in [-0.05, 0) is 30.7 Å². The molecule has 28 heavy (non-hydrogen) atoms. The number of aryl methyl sites for hydroxylation is 1. The molecule has 7 heteroatoms. The van der Waals surface area contributed by atoms with Crippen molar-refractivity contribution >= 4 is 17.6 Å². The van der Waals surface area contributed by atoms with Crippen molar-refractivity contribution in [1.29, 1.82) is 5.26 Å². The molecule has 0 fully saturated rings. The Morgan fingerprint density at radius 1 is 1.14 bits per heavy atom. The Morgan fingerprint density at radius 3 is 2.64 bits per heavy atom. The van der Waals surface area contributed by atoms with Gasteiger partial charge in [-0.2, -0.15) is 5.26 Å². The molecule has 144 valence electrons. The van der Waals surface area contributed by atoms with Crippen LogP contribution < -0.4 is 14.4 Å². The molecule has 0 unspecified atom stereocenters. The number of esters is 1. The fourth-order valence-electron chi connectivity index (χ4n) is 2.84. The third kappa shape index (κ3) is 4.41. The van der Waals surface area contributed by atoms with Crippen LogP contribution in [0, 0.1) is 18.3 Å². The Labute approximate surface area is 163 Å². The second-order valence-electron chi connectivity index (χ2n) is 6.17. The molecule has 0 bridgehead atoms. The molecule has 2 aromatic carbocycles. The van der Waals surface area contributed by atoms with Crippen molar-refractivity contribution in [3.8, 4) is 17.6 Å². The van der Waals surface area contributed by atoms with Crippen molar-refractivity contribution < 1.29 is 23.8 Å². The fourth-order valence-corrected chi connectivity index (χ4v) is 2.84. The third-order valence-corrected chi connectivity index (χ3v) is 4.28. The van der Waals surface area contributed by atoms with Crippen molar-refractivity contribution in [1.82, 2.24) is 0 Å². The highest BCUT2D eigenvalue weighted by molar-refractivity contribution is 5.97. The van der Waals surface area contributed by atoms with Crippen LogP contribution >= 0.6 is 0 Å². The first kappa shape index (κ1) is 19.2. The number of carbonyl (C=O) groups is 2. The number of amides is 1. The summed E-state index contributed by atoms with van der Waals surface area (Å²) in [6, 6.07) is 14.2. The molecule has 0 radical (unpaired) electrons. The first-order valence-corrected chi connectivity index (χ1v) is 8.90. The van der Waals surface area contributed by atoms with Gasteiger partial charge < -0.3 is 19.1 Å². The lowest BCUT2D eigenvalue weighted by molar-refractivity contribution is -0.121. The van der Waals surface area contributed by atoms with E-state index in [2.05, 4.69) is 0 Å². The molecule has 1 amide bonds. The smallest absolute Gasteiger partial charge is 0.338 e. The van der Waals surface area contributed by atoms with Gasteiger partial charge >= 0.3 is 5.97 Å². The first-order valence-electron chi connectivity index (χ1n) is 8.90. The van der Waals surface area contributed by atoms with Gasteiger partial charge in [0.05, 0.1) is 18.1 Å².